The second-order valence-electron chi connectivity index (χ2n) is 31.7. The summed E-state index contributed by atoms with van der Waals surface area (Å²) in [6, 6.07) is 126. The fourth-order valence-corrected chi connectivity index (χ4v) is 17.7. The average Bonchev–Trinajstić information content (AvgIpc) is 1.72. The number of H-pyrrole nitrogens is 2. The molecule has 0 unspecified atom stereocenters. The van der Waals surface area contributed by atoms with Gasteiger partial charge in [-0.25, -0.2) is 29.9 Å². The molecule has 12 aromatic carbocycles. The van der Waals surface area contributed by atoms with Crippen LogP contribution in [0.4, 0.5) is 0 Å². The zero-order valence-corrected chi connectivity index (χ0v) is 70.9. The molecule has 2 N–H and O–H groups in total. The van der Waals surface area contributed by atoms with Gasteiger partial charge in [-0.3, -0.25) is 0 Å². The fourth-order valence-electron chi connectivity index (χ4n) is 17.7. The molecule has 0 saturated carbocycles. The average molecular weight is 1660 g/mol. The summed E-state index contributed by atoms with van der Waals surface area (Å²) in [7, 11) is 6.81. The van der Waals surface area contributed by atoms with E-state index in [-0.39, 0.29) is 0 Å². The molecule has 2 aliphatic heterocycles. The lowest BCUT2D eigenvalue weighted by atomic mass is 10.0. The van der Waals surface area contributed by atoms with Gasteiger partial charge in [0.2, 0.25) is 0 Å². The molecule has 0 fully saturated rings. The third-order valence-electron chi connectivity index (χ3n) is 23.9. The molecule has 0 radical (unpaired) electrons. The summed E-state index contributed by atoms with van der Waals surface area (Å²) in [4.78, 5) is 45.0. The van der Waals surface area contributed by atoms with Gasteiger partial charge in [0.25, 0.3) is 0 Å². The van der Waals surface area contributed by atoms with Gasteiger partial charge in [-0.2, -0.15) is 0 Å². The monoisotopic (exact) mass is 1660 g/mol. The number of nitrogens with zero attached hydrogens (tertiary/aromatic N) is 10. The predicted molar refractivity (Wildman–Crippen MR) is 516 cm³/mol. The summed E-state index contributed by atoms with van der Waals surface area (Å²) in [6.07, 6.45) is 8.59. The first kappa shape index (κ1) is 78.5. The van der Waals surface area contributed by atoms with E-state index in [9.17, 15) is 0 Å². The van der Waals surface area contributed by atoms with Crippen molar-refractivity contribution in [2.45, 2.75) is 26.2 Å². The van der Waals surface area contributed by atoms with Gasteiger partial charge in [0, 0.05) is 70.7 Å². The van der Waals surface area contributed by atoms with E-state index >= 15 is 0 Å². The molecule has 8 bridgehead atoms. The standard InChI is InChI=1S/C112H86N12O4/c1-125-85-53-45-73(46-54-85)69-121-105(81-37-21-9-22-38-81)101(77-29-13-5-14-30-77)117-109(121)97-89-61-63-91(113-89)98(110-118-102(78-31-15-6-16-32-78)106(82-39-23-10-24-40-82)122(110)70-74-47-55-86(126-2)56-48-74)93-65-67-95(115-93)100(112-120-104(80-35-19-8-20-36-80)108(84-43-27-12-28-44-84)124(112)72-76-51-59-88(128-4)60-52-76)96-68-66-94(116-96)99(92-64-62-90(97)114-92)111-119-103(79-33-17-7-18-34-79)107(83-41-25-11-26-42-83)123(111)71-75-49-57-87(127-3)58-50-75/h5-68,113,116H,69-72H2,1-4H3. The molecular weight excluding hydrogens is 1580 g/mol. The van der Waals surface area contributed by atoms with Crippen molar-refractivity contribution in [3.8, 4) is 159 Å². The van der Waals surface area contributed by atoms with Gasteiger partial charge in [-0.1, -0.05) is 291 Å². The Morgan fingerprint density at radius 3 is 0.562 bits per heavy atom. The highest BCUT2D eigenvalue weighted by Gasteiger charge is 2.33. The van der Waals surface area contributed by atoms with Crippen LogP contribution < -0.4 is 18.9 Å². The van der Waals surface area contributed by atoms with Crippen molar-refractivity contribution in [1.29, 1.82) is 0 Å². The zero-order valence-electron chi connectivity index (χ0n) is 70.9. The fraction of sp³-hybridized carbons (Fsp3) is 0.0714. The van der Waals surface area contributed by atoms with Crippen LogP contribution in [0.1, 0.15) is 45.0 Å². The second-order valence-corrected chi connectivity index (χ2v) is 31.7. The predicted octanol–water partition coefficient (Wildman–Crippen LogP) is 25.7. The quantitative estimate of drug-likeness (QED) is 0.0595. The molecule has 9 heterocycles. The van der Waals surface area contributed by atoms with Crippen molar-refractivity contribution in [2.75, 3.05) is 28.4 Å². The van der Waals surface area contributed by atoms with Crippen LogP contribution in [0.2, 0.25) is 0 Å². The van der Waals surface area contributed by atoms with E-state index in [0.717, 1.165) is 180 Å². The highest BCUT2D eigenvalue weighted by Crippen LogP contribution is 2.48. The first-order valence-corrected chi connectivity index (χ1v) is 42.8. The minimum absolute atomic E-state index is 0.395. The summed E-state index contributed by atoms with van der Waals surface area (Å²) in [5.74, 6) is 5.62. The number of fused-ring (bicyclic) bond motifs is 8. The topological polar surface area (TPSA) is 166 Å². The molecule has 0 saturated heterocycles. The molecule has 7 aromatic heterocycles. The third-order valence-corrected chi connectivity index (χ3v) is 23.9. The van der Waals surface area contributed by atoms with Crippen LogP contribution >= 0.6 is 0 Å². The van der Waals surface area contributed by atoms with Gasteiger partial charge < -0.3 is 47.2 Å². The normalized spacial score (nSPS) is 11.7. The maximum Gasteiger partial charge on any atom is 0.145 e. The van der Waals surface area contributed by atoms with Gasteiger partial charge in [-0.05, 0) is 119 Å². The van der Waals surface area contributed by atoms with E-state index in [0.29, 0.717) is 72.3 Å². The molecule has 0 aliphatic carbocycles. The zero-order chi connectivity index (χ0) is 86.0. The van der Waals surface area contributed by atoms with Gasteiger partial charge in [-0.15, -0.1) is 0 Å². The van der Waals surface area contributed by atoms with Crippen molar-refractivity contribution in [1.82, 2.24) is 58.1 Å². The second kappa shape index (κ2) is 34.5. The Hall–Kier alpha value is -16.7. The van der Waals surface area contributed by atoms with E-state index in [2.05, 4.69) is 368 Å². The maximum atomic E-state index is 6.18. The molecule has 0 amide bonds. The summed E-state index contributed by atoms with van der Waals surface area (Å²) in [6.45, 7) is 1.58. The molecule has 16 nitrogen and oxygen atoms in total. The highest BCUT2D eigenvalue weighted by molar-refractivity contribution is 6.01. The summed E-state index contributed by atoms with van der Waals surface area (Å²) >= 11 is 0. The Balaban J connectivity index is 0.960. The van der Waals surface area contributed by atoms with E-state index in [1.165, 1.54) is 0 Å². The lowest BCUT2D eigenvalue weighted by Crippen LogP contribution is -2.06. The summed E-state index contributed by atoms with van der Waals surface area (Å²) < 4.78 is 32.8. The molecule has 618 valence electrons. The Morgan fingerprint density at radius 2 is 0.383 bits per heavy atom. The van der Waals surface area contributed by atoms with Crippen molar-refractivity contribution < 1.29 is 18.9 Å². The minimum atomic E-state index is 0.395. The van der Waals surface area contributed by atoms with E-state index in [1.807, 2.05) is 48.5 Å². The van der Waals surface area contributed by atoms with Crippen LogP contribution in [0.3, 0.4) is 0 Å². The lowest BCUT2D eigenvalue weighted by molar-refractivity contribution is 0.414. The number of methoxy groups -OCH3 is 4. The Kier molecular flexibility index (Phi) is 21.2. The minimum Gasteiger partial charge on any atom is -0.497 e. The first-order valence-electron chi connectivity index (χ1n) is 42.8. The first-order chi connectivity index (χ1) is 63.3. The van der Waals surface area contributed by atoms with Crippen molar-refractivity contribution in [3.05, 3.63) is 409 Å². The Bertz CT molecular complexity index is 6620. The van der Waals surface area contributed by atoms with Crippen LogP contribution in [0.25, 0.3) is 182 Å². The Labute approximate surface area is 741 Å². The van der Waals surface area contributed by atoms with Crippen LogP contribution in [-0.2, 0) is 26.2 Å². The van der Waals surface area contributed by atoms with Crippen molar-refractivity contribution >= 4 is 46.4 Å². The number of rotatable bonds is 24. The summed E-state index contributed by atoms with van der Waals surface area (Å²) in [5.41, 5.74) is 26.9. The number of nitrogens with one attached hydrogen (secondary N) is 2. The lowest BCUT2D eigenvalue weighted by Gasteiger charge is -2.15. The molecule has 0 spiro atoms. The molecule has 0 atom stereocenters. The van der Waals surface area contributed by atoms with Crippen molar-refractivity contribution in [3.63, 3.8) is 0 Å². The number of aromatic amines is 2. The molecule has 16 heteroatoms. The smallest absolute Gasteiger partial charge is 0.145 e. The number of benzene rings is 12. The Morgan fingerprint density at radius 1 is 0.203 bits per heavy atom. The summed E-state index contributed by atoms with van der Waals surface area (Å²) in [5, 5.41) is 0. The van der Waals surface area contributed by atoms with Crippen LogP contribution in [0.15, 0.2) is 364 Å². The third kappa shape index (κ3) is 15.1. The SMILES string of the molecule is COc1ccc(Cn2c(-c3c4nc(c(-c5nc(-c6ccccc6)c(-c6ccccc6)n5Cc5ccc(OC)cc5)c5ccc([nH]5)c(-c5nc(-c6ccccc6)c(-c6ccccc6)n5Cc5ccc(OC)cc5)c5nc(c(-c6nc(-c7ccccc7)c(-c7ccccc7)n6Cc6ccc(OC)cc6)c6ccc3[nH]6)C=C5)C=C4)nc(-c3ccccc3)c2-c2ccccc2)cc1. The van der Waals surface area contributed by atoms with Crippen molar-refractivity contribution in [2.24, 2.45) is 0 Å². The van der Waals surface area contributed by atoms with E-state index in [4.69, 9.17) is 48.9 Å². The molecule has 128 heavy (non-hydrogen) atoms. The largest absolute Gasteiger partial charge is 0.497 e. The number of imidazole rings is 4. The highest BCUT2D eigenvalue weighted by atomic mass is 16.5. The van der Waals surface area contributed by atoms with Gasteiger partial charge in [0.15, 0.2) is 0 Å². The number of hydrogen-bond acceptors (Lipinski definition) is 10. The molecule has 2 aliphatic rings. The maximum absolute atomic E-state index is 6.18. The van der Waals surface area contributed by atoms with Crippen LogP contribution in [0, 0.1) is 0 Å². The van der Waals surface area contributed by atoms with Gasteiger partial charge in [0.05, 0.1) is 141 Å². The van der Waals surface area contributed by atoms with E-state index in [1.54, 1.807) is 28.4 Å². The van der Waals surface area contributed by atoms with Gasteiger partial charge >= 0.3 is 0 Å². The number of aromatic nitrogens is 12. The number of ether oxygens (including phenoxy) is 4. The molecule has 19 aromatic rings. The molecule has 21 rings (SSSR count). The molecular formula is C112H86N12O4. The number of hydrogen-bond donors (Lipinski definition) is 2. The van der Waals surface area contributed by atoms with Crippen LogP contribution in [-0.4, -0.2) is 86.6 Å². The van der Waals surface area contributed by atoms with Gasteiger partial charge in [0.1, 0.15) is 46.3 Å². The van der Waals surface area contributed by atoms with E-state index < -0.39 is 0 Å². The van der Waals surface area contributed by atoms with Crippen LogP contribution in [0.5, 0.6) is 23.0 Å².